The standard InChI is InChI=1S/C22H26O3/c1-14-5-4-9-22(13-14)10-8-15-11-18-16-6-2-3-7-17(16)21(23)24-20(18)12-19(15)25-22/h11-12,14H,2-10,13H2,1H3/t14-,22-/m0/s1. The van der Waals surface area contributed by atoms with Crippen LogP contribution in [0, 0.1) is 5.92 Å². The average molecular weight is 338 g/mol. The molecule has 0 N–H and O–H groups in total. The molecule has 2 atom stereocenters. The van der Waals surface area contributed by atoms with Crippen LogP contribution in [-0.2, 0) is 19.3 Å². The molecule has 1 aromatic carbocycles. The molecule has 1 spiro atoms. The van der Waals surface area contributed by atoms with E-state index >= 15 is 0 Å². The summed E-state index contributed by atoms with van der Waals surface area (Å²) in [5.74, 6) is 1.69. The van der Waals surface area contributed by atoms with Gasteiger partial charge in [0.25, 0.3) is 0 Å². The molecule has 3 nitrogen and oxygen atoms in total. The number of hydrogen-bond acceptors (Lipinski definition) is 3. The Kier molecular flexibility index (Phi) is 3.48. The second-order valence-corrected chi connectivity index (χ2v) is 8.50. The summed E-state index contributed by atoms with van der Waals surface area (Å²) in [6, 6.07) is 4.25. The van der Waals surface area contributed by atoms with Gasteiger partial charge in [0.15, 0.2) is 0 Å². The summed E-state index contributed by atoms with van der Waals surface area (Å²) < 4.78 is 12.2. The van der Waals surface area contributed by atoms with Gasteiger partial charge in [0.05, 0.1) is 0 Å². The third-order valence-corrected chi connectivity index (χ3v) is 6.63. The molecule has 2 aromatic rings. The Morgan fingerprint density at radius 3 is 2.72 bits per heavy atom. The topological polar surface area (TPSA) is 39.4 Å². The van der Waals surface area contributed by atoms with E-state index in [4.69, 9.17) is 9.15 Å². The second kappa shape index (κ2) is 5.62. The van der Waals surface area contributed by atoms with Crippen LogP contribution < -0.4 is 10.4 Å². The predicted octanol–water partition coefficient (Wildman–Crippen LogP) is 4.95. The summed E-state index contributed by atoms with van der Waals surface area (Å²) in [5, 5.41) is 1.14. The normalized spacial score (nSPS) is 28.4. The van der Waals surface area contributed by atoms with Crippen molar-refractivity contribution in [2.45, 2.75) is 76.7 Å². The number of hydrogen-bond donors (Lipinski definition) is 0. The van der Waals surface area contributed by atoms with Gasteiger partial charge in [0, 0.05) is 17.0 Å². The lowest BCUT2D eigenvalue weighted by Gasteiger charge is -2.43. The number of ether oxygens (including phenoxy) is 1. The molecule has 0 amide bonds. The third kappa shape index (κ3) is 2.51. The maximum absolute atomic E-state index is 12.4. The Labute approximate surface area is 148 Å². The van der Waals surface area contributed by atoms with E-state index in [1.54, 1.807) is 0 Å². The number of fused-ring (bicyclic) bond motifs is 4. The summed E-state index contributed by atoms with van der Waals surface area (Å²) in [7, 11) is 0. The fourth-order valence-electron chi connectivity index (χ4n) is 5.38. The van der Waals surface area contributed by atoms with Gasteiger partial charge in [-0.05, 0) is 80.9 Å². The molecule has 0 bridgehead atoms. The van der Waals surface area contributed by atoms with E-state index in [1.807, 2.05) is 6.07 Å². The maximum Gasteiger partial charge on any atom is 0.339 e. The van der Waals surface area contributed by atoms with Crippen molar-refractivity contribution < 1.29 is 9.15 Å². The minimum absolute atomic E-state index is 0.00679. The Hall–Kier alpha value is -1.77. The van der Waals surface area contributed by atoms with Crippen molar-refractivity contribution in [1.29, 1.82) is 0 Å². The van der Waals surface area contributed by atoms with Crippen LogP contribution >= 0.6 is 0 Å². The van der Waals surface area contributed by atoms with Gasteiger partial charge >= 0.3 is 5.63 Å². The first-order valence-corrected chi connectivity index (χ1v) is 9.94. The van der Waals surface area contributed by atoms with Crippen LogP contribution in [0.2, 0.25) is 0 Å². The zero-order valence-corrected chi connectivity index (χ0v) is 15.0. The minimum atomic E-state index is -0.140. The van der Waals surface area contributed by atoms with Gasteiger partial charge in [-0.15, -0.1) is 0 Å². The van der Waals surface area contributed by atoms with E-state index in [1.165, 1.54) is 30.4 Å². The van der Waals surface area contributed by atoms with E-state index in [9.17, 15) is 4.79 Å². The van der Waals surface area contributed by atoms with Crippen LogP contribution in [0.3, 0.4) is 0 Å². The molecule has 2 aliphatic carbocycles. The summed E-state index contributed by atoms with van der Waals surface area (Å²) in [5.41, 5.74) is 4.01. The van der Waals surface area contributed by atoms with Gasteiger partial charge in [-0.1, -0.05) is 13.3 Å². The highest BCUT2D eigenvalue weighted by Gasteiger charge is 2.40. The lowest BCUT2D eigenvalue weighted by molar-refractivity contribution is -0.00579. The van der Waals surface area contributed by atoms with Crippen molar-refractivity contribution in [2.24, 2.45) is 5.92 Å². The minimum Gasteiger partial charge on any atom is -0.487 e. The molecule has 1 fully saturated rings. The Balaban J connectivity index is 1.61. The number of rotatable bonds is 0. The molecule has 3 heteroatoms. The maximum atomic E-state index is 12.4. The highest BCUT2D eigenvalue weighted by atomic mass is 16.5. The number of aryl methyl sites for hydroxylation is 2. The molecule has 0 saturated heterocycles. The second-order valence-electron chi connectivity index (χ2n) is 8.50. The SMILES string of the molecule is C[C@H]1CCC[C@]2(CCc3cc4c5c(c(=O)oc4cc3O2)CCCC5)C1. The number of benzene rings is 1. The average Bonchev–Trinajstić information content (AvgIpc) is 2.60. The van der Waals surface area contributed by atoms with E-state index in [0.717, 1.165) is 67.6 Å². The highest BCUT2D eigenvalue weighted by Crippen LogP contribution is 2.45. The lowest BCUT2D eigenvalue weighted by Crippen LogP contribution is -2.43. The fourth-order valence-corrected chi connectivity index (χ4v) is 5.38. The Morgan fingerprint density at radius 1 is 1.04 bits per heavy atom. The van der Waals surface area contributed by atoms with E-state index < -0.39 is 0 Å². The molecule has 5 rings (SSSR count). The van der Waals surface area contributed by atoms with Gasteiger partial charge in [-0.2, -0.15) is 0 Å². The molecule has 132 valence electrons. The van der Waals surface area contributed by atoms with Gasteiger partial charge in [-0.25, -0.2) is 4.79 Å². The van der Waals surface area contributed by atoms with Crippen LogP contribution in [0.1, 0.15) is 68.6 Å². The smallest absolute Gasteiger partial charge is 0.339 e. The van der Waals surface area contributed by atoms with Crippen molar-refractivity contribution >= 4 is 11.0 Å². The summed E-state index contributed by atoms with van der Waals surface area (Å²) >= 11 is 0. The Morgan fingerprint density at radius 2 is 1.88 bits per heavy atom. The van der Waals surface area contributed by atoms with Gasteiger partial charge < -0.3 is 9.15 Å². The molecule has 3 aliphatic rings. The largest absolute Gasteiger partial charge is 0.487 e. The van der Waals surface area contributed by atoms with Crippen LogP contribution in [0.25, 0.3) is 11.0 Å². The molecular formula is C22H26O3. The van der Waals surface area contributed by atoms with Crippen LogP contribution in [0.15, 0.2) is 21.3 Å². The van der Waals surface area contributed by atoms with Crippen molar-refractivity contribution in [1.82, 2.24) is 0 Å². The zero-order chi connectivity index (χ0) is 17.0. The lowest BCUT2D eigenvalue weighted by atomic mass is 9.74. The van der Waals surface area contributed by atoms with Crippen LogP contribution in [0.4, 0.5) is 0 Å². The predicted molar refractivity (Wildman–Crippen MR) is 98.4 cm³/mol. The van der Waals surface area contributed by atoms with E-state index in [2.05, 4.69) is 13.0 Å². The first-order valence-electron chi connectivity index (χ1n) is 9.94. The first kappa shape index (κ1) is 15.5. The summed E-state index contributed by atoms with van der Waals surface area (Å²) in [4.78, 5) is 12.4. The van der Waals surface area contributed by atoms with Crippen LogP contribution in [-0.4, -0.2) is 5.60 Å². The molecule has 0 radical (unpaired) electrons. The van der Waals surface area contributed by atoms with Gasteiger partial charge in [0.2, 0.25) is 0 Å². The van der Waals surface area contributed by atoms with Crippen molar-refractivity contribution in [3.05, 3.63) is 39.2 Å². The summed E-state index contributed by atoms with van der Waals surface area (Å²) in [6.07, 6.45) is 11.2. The fraction of sp³-hybridized carbons (Fsp3) is 0.591. The molecule has 1 aliphatic heterocycles. The van der Waals surface area contributed by atoms with Gasteiger partial charge in [-0.3, -0.25) is 0 Å². The van der Waals surface area contributed by atoms with Crippen LogP contribution in [0.5, 0.6) is 5.75 Å². The van der Waals surface area contributed by atoms with Crippen molar-refractivity contribution in [3.63, 3.8) is 0 Å². The van der Waals surface area contributed by atoms with E-state index in [-0.39, 0.29) is 11.2 Å². The molecule has 0 unspecified atom stereocenters. The third-order valence-electron chi connectivity index (χ3n) is 6.63. The van der Waals surface area contributed by atoms with Gasteiger partial charge in [0.1, 0.15) is 16.9 Å². The molecular weight excluding hydrogens is 312 g/mol. The first-order chi connectivity index (χ1) is 12.1. The Bertz CT molecular complexity index is 894. The molecule has 1 aromatic heterocycles. The molecule has 25 heavy (non-hydrogen) atoms. The highest BCUT2D eigenvalue weighted by molar-refractivity contribution is 5.84. The molecule has 2 heterocycles. The van der Waals surface area contributed by atoms with E-state index in [0.29, 0.717) is 5.58 Å². The zero-order valence-electron chi connectivity index (χ0n) is 15.0. The van der Waals surface area contributed by atoms with Crippen molar-refractivity contribution in [3.8, 4) is 5.75 Å². The summed E-state index contributed by atoms with van der Waals surface area (Å²) in [6.45, 7) is 2.34. The molecule has 1 saturated carbocycles. The quantitative estimate of drug-likeness (QED) is 0.638. The monoisotopic (exact) mass is 338 g/mol. The van der Waals surface area contributed by atoms with Crippen molar-refractivity contribution in [2.75, 3.05) is 0 Å².